The quantitative estimate of drug-likeness (QED) is 0.720. The Balaban J connectivity index is 1.69. The van der Waals surface area contributed by atoms with Crippen LogP contribution >= 0.6 is 11.8 Å². The van der Waals surface area contributed by atoms with Crippen molar-refractivity contribution in [2.75, 3.05) is 24.7 Å². The predicted molar refractivity (Wildman–Crippen MR) is 50.4 cm³/mol. The van der Waals surface area contributed by atoms with Crippen LogP contribution in [0.25, 0.3) is 0 Å². The number of hydrogen-bond donors (Lipinski definition) is 1. The molecule has 0 aromatic heterocycles. The first-order valence-corrected chi connectivity index (χ1v) is 5.85. The van der Waals surface area contributed by atoms with Gasteiger partial charge in [0.1, 0.15) is 0 Å². The van der Waals surface area contributed by atoms with E-state index < -0.39 is 0 Å². The van der Waals surface area contributed by atoms with Gasteiger partial charge in [-0.3, -0.25) is 0 Å². The number of aliphatic hydroxyl groups excluding tert-OH is 1. The molecule has 1 N–H and O–H groups in total. The zero-order valence-corrected chi connectivity index (χ0v) is 8.05. The zero-order chi connectivity index (χ0) is 8.39. The Morgan fingerprint density at radius 3 is 2.83 bits per heavy atom. The van der Waals surface area contributed by atoms with Crippen molar-refractivity contribution in [3.05, 3.63) is 0 Å². The monoisotopic (exact) mass is 188 g/mol. The molecule has 2 heterocycles. The average Bonchev–Trinajstić information content (AvgIpc) is 2.34. The largest absolute Gasteiger partial charge is 0.393 e. The number of hydrogen-bond acceptors (Lipinski definition) is 3. The Labute approximate surface area is 77.7 Å². The van der Waals surface area contributed by atoms with Gasteiger partial charge < -0.3 is 9.84 Å². The molecule has 0 radical (unpaired) electrons. The van der Waals surface area contributed by atoms with Gasteiger partial charge in [-0.05, 0) is 30.3 Å². The van der Waals surface area contributed by atoms with Crippen molar-refractivity contribution in [2.45, 2.75) is 18.9 Å². The molecule has 0 saturated carbocycles. The topological polar surface area (TPSA) is 29.5 Å². The summed E-state index contributed by atoms with van der Waals surface area (Å²) in [4.78, 5) is 0. The lowest BCUT2D eigenvalue weighted by Crippen LogP contribution is -2.33. The number of rotatable bonds is 3. The van der Waals surface area contributed by atoms with Crippen LogP contribution in [0.5, 0.6) is 0 Å². The summed E-state index contributed by atoms with van der Waals surface area (Å²) in [6, 6.07) is 0. The Hall–Kier alpha value is 0.270. The van der Waals surface area contributed by atoms with Crippen LogP contribution < -0.4 is 0 Å². The van der Waals surface area contributed by atoms with E-state index in [1.165, 1.54) is 0 Å². The molecule has 2 atom stereocenters. The van der Waals surface area contributed by atoms with Crippen LogP contribution in [0.15, 0.2) is 0 Å². The van der Waals surface area contributed by atoms with Gasteiger partial charge in [-0.1, -0.05) is 0 Å². The number of thioether (sulfide) groups is 1. The maximum absolute atomic E-state index is 9.76. The van der Waals surface area contributed by atoms with Crippen molar-refractivity contribution in [2.24, 2.45) is 11.8 Å². The molecule has 2 saturated heterocycles. The fourth-order valence-electron chi connectivity index (χ4n) is 1.78. The number of aliphatic hydroxyl groups is 1. The van der Waals surface area contributed by atoms with E-state index in [0.29, 0.717) is 11.8 Å². The Morgan fingerprint density at radius 2 is 2.33 bits per heavy atom. The van der Waals surface area contributed by atoms with E-state index in [9.17, 15) is 5.11 Å². The van der Waals surface area contributed by atoms with Crippen molar-refractivity contribution >= 4 is 11.8 Å². The van der Waals surface area contributed by atoms with Crippen LogP contribution in [-0.2, 0) is 4.74 Å². The molecule has 2 unspecified atom stereocenters. The van der Waals surface area contributed by atoms with Crippen molar-refractivity contribution < 1.29 is 9.84 Å². The molecule has 2 aliphatic rings. The highest BCUT2D eigenvalue weighted by atomic mass is 32.2. The first-order chi connectivity index (χ1) is 5.86. The molecule has 3 heteroatoms. The lowest BCUT2D eigenvalue weighted by Gasteiger charge is -2.30. The highest BCUT2D eigenvalue weighted by Crippen LogP contribution is 2.31. The summed E-state index contributed by atoms with van der Waals surface area (Å²) in [7, 11) is 0. The van der Waals surface area contributed by atoms with E-state index in [4.69, 9.17) is 4.74 Å². The smallest absolute Gasteiger partial charge is 0.0587 e. The standard InChI is InChI=1S/C9H16O2S/c10-9(8-5-12-6-8)3-7-1-2-11-4-7/h7-10H,1-6H2. The molecule has 0 bridgehead atoms. The summed E-state index contributed by atoms with van der Waals surface area (Å²) in [5.74, 6) is 3.53. The molecule has 0 aromatic carbocycles. The van der Waals surface area contributed by atoms with E-state index in [-0.39, 0.29) is 6.10 Å². The van der Waals surface area contributed by atoms with Crippen molar-refractivity contribution in [3.63, 3.8) is 0 Å². The van der Waals surface area contributed by atoms with E-state index in [0.717, 1.165) is 37.6 Å². The third-order valence-electron chi connectivity index (χ3n) is 2.81. The Morgan fingerprint density at radius 1 is 1.50 bits per heavy atom. The Bertz CT molecular complexity index is 141. The average molecular weight is 188 g/mol. The first-order valence-electron chi connectivity index (χ1n) is 4.70. The molecular formula is C9H16O2S. The molecule has 2 nitrogen and oxygen atoms in total. The second-order valence-corrected chi connectivity index (χ2v) is 4.91. The molecule has 0 spiro atoms. The maximum atomic E-state index is 9.76. The molecule has 2 aliphatic heterocycles. The van der Waals surface area contributed by atoms with Crippen LogP contribution in [0, 0.1) is 11.8 Å². The summed E-state index contributed by atoms with van der Waals surface area (Å²) >= 11 is 1.94. The summed E-state index contributed by atoms with van der Waals surface area (Å²) in [6.07, 6.45) is 2.06. The van der Waals surface area contributed by atoms with Gasteiger partial charge in [0, 0.05) is 19.1 Å². The van der Waals surface area contributed by atoms with Crippen LogP contribution in [0.3, 0.4) is 0 Å². The molecule has 70 valence electrons. The van der Waals surface area contributed by atoms with Crippen LogP contribution in [-0.4, -0.2) is 35.9 Å². The highest BCUT2D eigenvalue weighted by molar-refractivity contribution is 8.00. The summed E-state index contributed by atoms with van der Waals surface area (Å²) in [5, 5.41) is 9.76. The second-order valence-electron chi connectivity index (χ2n) is 3.83. The number of ether oxygens (including phenoxy) is 1. The normalized spacial score (nSPS) is 33.2. The van der Waals surface area contributed by atoms with Crippen molar-refractivity contribution in [1.29, 1.82) is 0 Å². The zero-order valence-electron chi connectivity index (χ0n) is 7.24. The maximum Gasteiger partial charge on any atom is 0.0587 e. The molecule has 12 heavy (non-hydrogen) atoms. The fourth-order valence-corrected chi connectivity index (χ4v) is 2.73. The molecule has 2 fully saturated rings. The third kappa shape index (κ3) is 1.95. The van der Waals surface area contributed by atoms with Gasteiger partial charge >= 0.3 is 0 Å². The highest BCUT2D eigenvalue weighted by Gasteiger charge is 2.29. The van der Waals surface area contributed by atoms with E-state index in [1.54, 1.807) is 0 Å². The van der Waals surface area contributed by atoms with Gasteiger partial charge in [-0.15, -0.1) is 0 Å². The third-order valence-corrected chi connectivity index (χ3v) is 4.13. The minimum Gasteiger partial charge on any atom is -0.393 e. The van der Waals surface area contributed by atoms with Crippen molar-refractivity contribution in [1.82, 2.24) is 0 Å². The van der Waals surface area contributed by atoms with E-state index in [1.807, 2.05) is 11.8 Å². The lowest BCUT2D eigenvalue weighted by molar-refractivity contribution is 0.0907. The van der Waals surface area contributed by atoms with E-state index >= 15 is 0 Å². The van der Waals surface area contributed by atoms with Crippen LogP contribution in [0.2, 0.25) is 0 Å². The van der Waals surface area contributed by atoms with Gasteiger partial charge in [-0.25, -0.2) is 0 Å². The van der Waals surface area contributed by atoms with Gasteiger partial charge in [-0.2, -0.15) is 11.8 Å². The summed E-state index contributed by atoms with van der Waals surface area (Å²) < 4.78 is 5.27. The SMILES string of the molecule is OC(CC1CCOC1)C1CSC1. The fraction of sp³-hybridized carbons (Fsp3) is 1.00. The van der Waals surface area contributed by atoms with Gasteiger partial charge in [0.05, 0.1) is 6.10 Å². The van der Waals surface area contributed by atoms with E-state index in [2.05, 4.69) is 0 Å². The Kier molecular flexibility index (Phi) is 2.94. The predicted octanol–water partition coefficient (Wildman–Crippen LogP) is 1.14. The first kappa shape index (κ1) is 8.85. The van der Waals surface area contributed by atoms with Crippen molar-refractivity contribution in [3.8, 4) is 0 Å². The lowest BCUT2D eigenvalue weighted by atomic mass is 9.94. The second kappa shape index (κ2) is 3.99. The summed E-state index contributed by atoms with van der Waals surface area (Å²) in [6.45, 7) is 1.77. The van der Waals surface area contributed by atoms with Crippen LogP contribution in [0.4, 0.5) is 0 Å². The summed E-state index contributed by atoms with van der Waals surface area (Å²) in [5.41, 5.74) is 0. The van der Waals surface area contributed by atoms with Gasteiger partial charge in [0.2, 0.25) is 0 Å². The molecular weight excluding hydrogens is 172 g/mol. The van der Waals surface area contributed by atoms with Gasteiger partial charge in [0.25, 0.3) is 0 Å². The minimum atomic E-state index is -0.0575. The molecule has 0 aromatic rings. The molecule has 0 amide bonds. The van der Waals surface area contributed by atoms with Gasteiger partial charge in [0.15, 0.2) is 0 Å². The molecule has 0 aliphatic carbocycles. The van der Waals surface area contributed by atoms with Crippen LogP contribution in [0.1, 0.15) is 12.8 Å². The molecule has 2 rings (SSSR count). The minimum absolute atomic E-state index is 0.0575.